The SMILES string of the molecule is COC(=O)c1cccc(NCCC(=O)Nc2cccc(C)c2C)c1. The summed E-state index contributed by atoms with van der Waals surface area (Å²) in [6, 6.07) is 12.8. The third kappa shape index (κ3) is 4.59. The molecule has 0 aliphatic carbocycles. The lowest BCUT2D eigenvalue weighted by Crippen LogP contribution is -2.17. The second kappa shape index (κ2) is 8.15. The van der Waals surface area contributed by atoms with E-state index in [-0.39, 0.29) is 11.9 Å². The van der Waals surface area contributed by atoms with Gasteiger partial charge in [0.15, 0.2) is 0 Å². The fourth-order valence-electron chi connectivity index (χ4n) is 2.29. The van der Waals surface area contributed by atoms with Crippen molar-refractivity contribution in [3.63, 3.8) is 0 Å². The number of esters is 1. The minimum atomic E-state index is -0.383. The largest absolute Gasteiger partial charge is 0.465 e. The Morgan fingerprint density at radius 3 is 2.58 bits per heavy atom. The van der Waals surface area contributed by atoms with Crippen LogP contribution in [0.5, 0.6) is 0 Å². The van der Waals surface area contributed by atoms with Crippen molar-refractivity contribution >= 4 is 23.3 Å². The predicted octanol–water partition coefficient (Wildman–Crippen LogP) is 3.53. The molecule has 2 rings (SSSR count). The Morgan fingerprint density at radius 1 is 1.08 bits per heavy atom. The Bertz CT molecular complexity index is 741. The number of benzene rings is 2. The lowest BCUT2D eigenvalue weighted by molar-refractivity contribution is -0.115. The first-order chi connectivity index (χ1) is 11.5. The molecule has 0 spiro atoms. The predicted molar refractivity (Wildman–Crippen MR) is 95.4 cm³/mol. The van der Waals surface area contributed by atoms with Crippen molar-refractivity contribution in [2.45, 2.75) is 20.3 Å². The smallest absolute Gasteiger partial charge is 0.337 e. The summed E-state index contributed by atoms with van der Waals surface area (Å²) in [7, 11) is 1.35. The first-order valence-electron chi connectivity index (χ1n) is 7.79. The van der Waals surface area contributed by atoms with Crippen LogP contribution in [0.15, 0.2) is 42.5 Å². The summed E-state index contributed by atoms with van der Waals surface area (Å²) < 4.78 is 4.69. The van der Waals surface area contributed by atoms with E-state index in [0.717, 1.165) is 22.5 Å². The fraction of sp³-hybridized carbons (Fsp3) is 0.263. The normalized spacial score (nSPS) is 10.1. The van der Waals surface area contributed by atoms with Gasteiger partial charge in [-0.1, -0.05) is 18.2 Å². The van der Waals surface area contributed by atoms with E-state index in [4.69, 9.17) is 4.74 Å². The molecular formula is C19H22N2O3. The van der Waals surface area contributed by atoms with E-state index in [2.05, 4.69) is 10.6 Å². The van der Waals surface area contributed by atoms with Crippen molar-refractivity contribution in [2.75, 3.05) is 24.3 Å². The van der Waals surface area contributed by atoms with E-state index in [0.29, 0.717) is 18.5 Å². The monoisotopic (exact) mass is 326 g/mol. The van der Waals surface area contributed by atoms with E-state index in [1.807, 2.05) is 38.1 Å². The number of carbonyl (C=O) groups excluding carboxylic acids is 2. The van der Waals surface area contributed by atoms with Gasteiger partial charge < -0.3 is 15.4 Å². The van der Waals surface area contributed by atoms with Crippen LogP contribution in [-0.2, 0) is 9.53 Å². The molecule has 0 saturated heterocycles. The molecule has 2 N–H and O–H groups in total. The van der Waals surface area contributed by atoms with Crippen molar-refractivity contribution in [2.24, 2.45) is 0 Å². The van der Waals surface area contributed by atoms with Crippen molar-refractivity contribution in [3.8, 4) is 0 Å². The van der Waals surface area contributed by atoms with Crippen molar-refractivity contribution in [3.05, 3.63) is 59.2 Å². The Balaban J connectivity index is 1.87. The average Bonchev–Trinajstić information content (AvgIpc) is 2.58. The standard InChI is InChI=1S/C19H22N2O3/c1-13-6-4-9-17(14(13)2)21-18(22)10-11-20-16-8-5-7-15(12-16)19(23)24-3/h4-9,12,20H,10-11H2,1-3H3,(H,21,22). The van der Waals surface area contributed by atoms with E-state index < -0.39 is 0 Å². The molecule has 0 heterocycles. The second-order valence-corrected chi connectivity index (χ2v) is 5.54. The lowest BCUT2D eigenvalue weighted by Gasteiger charge is -2.11. The zero-order valence-electron chi connectivity index (χ0n) is 14.2. The molecule has 126 valence electrons. The van der Waals surface area contributed by atoms with Gasteiger partial charge in [0.2, 0.25) is 5.91 Å². The van der Waals surface area contributed by atoms with Gasteiger partial charge in [0.05, 0.1) is 12.7 Å². The molecule has 24 heavy (non-hydrogen) atoms. The van der Waals surface area contributed by atoms with Gasteiger partial charge >= 0.3 is 5.97 Å². The Hall–Kier alpha value is -2.82. The zero-order chi connectivity index (χ0) is 17.5. The van der Waals surface area contributed by atoms with Gasteiger partial charge in [-0.15, -0.1) is 0 Å². The summed E-state index contributed by atoms with van der Waals surface area (Å²) in [6.45, 7) is 4.48. The molecular weight excluding hydrogens is 304 g/mol. The number of amides is 1. The van der Waals surface area contributed by atoms with Crippen molar-refractivity contribution in [1.29, 1.82) is 0 Å². The third-order valence-electron chi connectivity index (χ3n) is 3.84. The third-order valence-corrected chi connectivity index (χ3v) is 3.84. The van der Waals surface area contributed by atoms with Gasteiger partial charge in [-0.2, -0.15) is 0 Å². The summed E-state index contributed by atoms with van der Waals surface area (Å²) in [5.41, 5.74) is 4.31. The highest BCUT2D eigenvalue weighted by Crippen LogP contribution is 2.18. The minimum absolute atomic E-state index is 0.0553. The number of rotatable bonds is 6. The molecule has 0 aromatic heterocycles. The fourth-order valence-corrected chi connectivity index (χ4v) is 2.29. The number of carbonyl (C=O) groups is 2. The van der Waals surface area contributed by atoms with Gasteiger partial charge in [0.1, 0.15) is 0 Å². The number of nitrogens with one attached hydrogen (secondary N) is 2. The van der Waals surface area contributed by atoms with Crippen LogP contribution in [0, 0.1) is 13.8 Å². The summed E-state index contributed by atoms with van der Waals surface area (Å²) in [5, 5.41) is 6.06. The van der Waals surface area contributed by atoms with E-state index >= 15 is 0 Å². The van der Waals surface area contributed by atoms with Crippen LogP contribution < -0.4 is 10.6 Å². The van der Waals surface area contributed by atoms with Crippen LogP contribution in [0.3, 0.4) is 0 Å². The maximum Gasteiger partial charge on any atom is 0.337 e. The summed E-state index contributed by atoms with van der Waals surface area (Å²) in [4.78, 5) is 23.6. The number of aryl methyl sites for hydroxylation is 1. The molecule has 1 amide bonds. The number of methoxy groups -OCH3 is 1. The van der Waals surface area contributed by atoms with Crippen molar-refractivity contribution < 1.29 is 14.3 Å². The highest BCUT2D eigenvalue weighted by atomic mass is 16.5. The Morgan fingerprint density at radius 2 is 1.83 bits per heavy atom. The highest BCUT2D eigenvalue weighted by molar-refractivity contribution is 5.92. The van der Waals surface area contributed by atoms with Gasteiger partial charge in [-0.3, -0.25) is 4.79 Å². The van der Waals surface area contributed by atoms with Gasteiger partial charge in [-0.05, 0) is 49.2 Å². The number of hydrogen-bond donors (Lipinski definition) is 2. The quantitative estimate of drug-likeness (QED) is 0.797. The second-order valence-electron chi connectivity index (χ2n) is 5.54. The van der Waals surface area contributed by atoms with Crippen LogP contribution in [0.25, 0.3) is 0 Å². The van der Waals surface area contributed by atoms with Gasteiger partial charge in [-0.25, -0.2) is 4.79 Å². The highest BCUT2D eigenvalue weighted by Gasteiger charge is 2.07. The first-order valence-corrected chi connectivity index (χ1v) is 7.79. The maximum absolute atomic E-state index is 12.1. The van der Waals surface area contributed by atoms with E-state index in [1.54, 1.807) is 18.2 Å². The molecule has 2 aromatic carbocycles. The maximum atomic E-state index is 12.1. The molecule has 0 aliphatic rings. The number of anilines is 2. The molecule has 0 unspecified atom stereocenters. The summed E-state index contributed by atoms with van der Waals surface area (Å²) in [5.74, 6) is -0.438. The van der Waals surface area contributed by atoms with Crippen LogP contribution in [0.4, 0.5) is 11.4 Å². The first kappa shape index (κ1) is 17.5. The minimum Gasteiger partial charge on any atom is -0.465 e. The molecule has 0 bridgehead atoms. The van der Waals surface area contributed by atoms with Crippen molar-refractivity contribution in [1.82, 2.24) is 0 Å². The summed E-state index contributed by atoms with van der Waals surface area (Å²) in [6.07, 6.45) is 0.329. The van der Waals surface area contributed by atoms with Crippen LogP contribution >= 0.6 is 0 Å². The molecule has 5 heteroatoms. The zero-order valence-corrected chi connectivity index (χ0v) is 14.2. The lowest BCUT2D eigenvalue weighted by atomic mass is 10.1. The summed E-state index contributed by atoms with van der Waals surface area (Å²) >= 11 is 0. The van der Waals surface area contributed by atoms with E-state index in [1.165, 1.54) is 7.11 Å². The van der Waals surface area contributed by atoms with Gasteiger partial charge in [0.25, 0.3) is 0 Å². The number of hydrogen-bond acceptors (Lipinski definition) is 4. The van der Waals surface area contributed by atoms with Gasteiger partial charge in [0, 0.05) is 24.3 Å². The molecule has 0 fully saturated rings. The van der Waals surface area contributed by atoms with Crippen LogP contribution in [0.1, 0.15) is 27.9 Å². The molecule has 0 saturated carbocycles. The van der Waals surface area contributed by atoms with Crippen LogP contribution in [-0.4, -0.2) is 25.5 Å². The number of ether oxygens (including phenoxy) is 1. The topological polar surface area (TPSA) is 67.4 Å². The average molecular weight is 326 g/mol. The molecule has 0 radical (unpaired) electrons. The molecule has 5 nitrogen and oxygen atoms in total. The Kier molecular flexibility index (Phi) is 5.95. The molecule has 0 aliphatic heterocycles. The van der Waals surface area contributed by atoms with Crippen LogP contribution in [0.2, 0.25) is 0 Å². The van der Waals surface area contributed by atoms with E-state index in [9.17, 15) is 9.59 Å². The Labute approximate surface area is 142 Å². The molecule has 0 atom stereocenters. The molecule has 2 aromatic rings.